The Labute approximate surface area is 153 Å². The van der Waals surface area contributed by atoms with Crippen LogP contribution < -0.4 is 10.6 Å². The third kappa shape index (κ3) is 6.87. The summed E-state index contributed by atoms with van der Waals surface area (Å²) in [6.45, 7) is 6.28. The smallest absolute Gasteiger partial charge is 0.263 e. The van der Waals surface area contributed by atoms with Gasteiger partial charge in [-0.2, -0.15) is 0 Å². The fourth-order valence-corrected chi connectivity index (χ4v) is 3.05. The van der Waals surface area contributed by atoms with Gasteiger partial charge < -0.3 is 10.6 Å². The second-order valence-corrected chi connectivity index (χ2v) is 5.88. The number of carbonyl (C=O) groups excluding carboxylic acids is 1. The van der Waals surface area contributed by atoms with E-state index >= 15 is 0 Å². The lowest BCUT2D eigenvalue weighted by molar-refractivity contribution is 0.0957. The van der Waals surface area contributed by atoms with Gasteiger partial charge in [0, 0.05) is 19.5 Å². The Morgan fingerprint density at radius 1 is 1.17 bits per heavy atom. The number of rotatable bonds is 7. The molecule has 0 radical (unpaired) electrons. The molecular weight excluding hydrogens is 353 g/mol. The van der Waals surface area contributed by atoms with E-state index in [1.807, 2.05) is 32.0 Å². The standard InChI is InChI=1S/C16H21N3OS.2ClH/c1-3-17-9-10-18-16(20)15-12(2)19-14(21-15)11-13-7-5-4-6-8-13;;/h4-8,17H,3,9-11H2,1-2H3,(H,18,20);2*1H. The van der Waals surface area contributed by atoms with Crippen LogP contribution in [-0.4, -0.2) is 30.5 Å². The number of amides is 1. The summed E-state index contributed by atoms with van der Waals surface area (Å²) in [5.74, 6) is -0.0257. The lowest BCUT2D eigenvalue weighted by atomic mass is 10.2. The summed E-state index contributed by atoms with van der Waals surface area (Å²) in [6, 6.07) is 10.2. The van der Waals surface area contributed by atoms with Crippen molar-refractivity contribution in [1.82, 2.24) is 15.6 Å². The van der Waals surface area contributed by atoms with Crippen molar-refractivity contribution in [2.75, 3.05) is 19.6 Å². The highest BCUT2D eigenvalue weighted by atomic mass is 35.5. The molecule has 1 heterocycles. The van der Waals surface area contributed by atoms with Gasteiger partial charge in [0.1, 0.15) is 4.88 Å². The van der Waals surface area contributed by atoms with Crippen LogP contribution in [0.25, 0.3) is 0 Å². The van der Waals surface area contributed by atoms with Gasteiger partial charge >= 0.3 is 0 Å². The van der Waals surface area contributed by atoms with Crippen LogP contribution in [0.1, 0.15) is 32.9 Å². The number of likely N-dealkylation sites (N-methyl/N-ethyl adjacent to an activating group) is 1. The van der Waals surface area contributed by atoms with E-state index in [4.69, 9.17) is 0 Å². The highest BCUT2D eigenvalue weighted by Gasteiger charge is 2.14. The van der Waals surface area contributed by atoms with Gasteiger partial charge in [-0.15, -0.1) is 36.2 Å². The molecular formula is C16H23Cl2N3OS. The number of nitrogens with one attached hydrogen (secondary N) is 2. The molecule has 7 heteroatoms. The third-order valence-electron chi connectivity index (χ3n) is 3.08. The van der Waals surface area contributed by atoms with Crippen molar-refractivity contribution in [3.05, 3.63) is 51.5 Å². The van der Waals surface area contributed by atoms with E-state index in [1.165, 1.54) is 16.9 Å². The molecule has 23 heavy (non-hydrogen) atoms. The number of nitrogens with zero attached hydrogens (tertiary/aromatic N) is 1. The average molecular weight is 376 g/mol. The number of halogens is 2. The molecule has 0 unspecified atom stereocenters. The number of aromatic nitrogens is 1. The predicted molar refractivity (Wildman–Crippen MR) is 101 cm³/mol. The van der Waals surface area contributed by atoms with E-state index < -0.39 is 0 Å². The fourth-order valence-electron chi connectivity index (χ4n) is 2.03. The van der Waals surface area contributed by atoms with Gasteiger partial charge in [-0.25, -0.2) is 4.98 Å². The maximum absolute atomic E-state index is 12.1. The van der Waals surface area contributed by atoms with Crippen molar-refractivity contribution in [2.45, 2.75) is 20.3 Å². The minimum atomic E-state index is -0.0257. The third-order valence-corrected chi connectivity index (χ3v) is 4.24. The Bertz CT molecular complexity index is 590. The molecule has 0 fully saturated rings. The van der Waals surface area contributed by atoms with E-state index in [1.54, 1.807) is 0 Å². The summed E-state index contributed by atoms with van der Waals surface area (Å²) >= 11 is 1.48. The van der Waals surface area contributed by atoms with Gasteiger partial charge in [0.05, 0.1) is 10.7 Å². The summed E-state index contributed by atoms with van der Waals surface area (Å²) in [5.41, 5.74) is 2.03. The molecule has 2 rings (SSSR count). The maximum atomic E-state index is 12.1. The zero-order valence-electron chi connectivity index (χ0n) is 13.3. The maximum Gasteiger partial charge on any atom is 0.263 e. The monoisotopic (exact) mass is 375 g/mol. The molecule has 0 aliphatic carbocycles. The van der Waals surface area contributed by atoms with Crippen LogP contribution in [0.2, 0.25) is 0 Å². The normalized spacial score (nSPS) is 9.65. The zero-order valence-corrected chi connectivity index (χ0v) is 15.7. The molecule has 0 saturated carbocycles. The number of hydrogen-bond acceptors (Lipinski definition) is 4. The number of carbonyl (C=O) groups is 1. The Morgan fingerprint density at radius 2 is 1.87 bits per heavy atom. The number of thiazole rings is 1. The van der Waals surface area contributed by atoms with Gasteiger partial charge in [0.2, 0.25) is 0 Å². The molecule has 128 valence electrons. The van der Waals surface area contributed by atoms with E-state index in [0.717, 1.165) is 35.1 Å². The number of aryl methyl sites for hydroxylation is 1. The molecule has 0 bridgehead atoms. The first-order valence-electron chi connectivity index (χ1n) is 7.20. The molecule has 1 amide bonds. The highest BCUT2D eigenvalue weighted by molar-refractivity contribution is 7.13. The van der Waals surface area contributed by atoms with E-state index in [-0.39, 0.29) is 30.7 Å². The zero-order chi connectivity index (χ0) is 15.1. The average Bonchev–Trinajstić information content (AvgIpc) is 2.85. The molecule has 2 aromatic rings. The first-order valence-corrected chi connectivity index (χ1v) is 8.01. The molecule has 2 N–H and O–H groups in total. The SMILES string of the molecule is CCNCCNC(=O)c1sc(Cc2ccccc2)nc1C.Cl.Cl. The van der Waals surface area contributed by atoms with Gasteiger partial charge in [-0.3, -0.25) is 4.79 Å². The van der Waals surface area contributed by atoms with Gasteiger partial charge in [0.25, 0.3) is 5.91 Å². The quantitative estimate of drug-likeness (QED) is 0.730. The van der Waals surface area contributed by atoms with Crippen LogP contribution in [0.4, 0.5) is 0 Å². The molecule has 4 nitrogen and oxygen atoms in total. The van der Waals surface area contributed by atoms with Crippen LogP contribution in [0.15, 0.2) is 30.3 Å². The second kappa shape index (κ2) is 11.4. The van der Waals surface area contributed by atoms with E-state index in [9.17, 15) is 4.79 Å². The van der Waals surface area contributed by atoms with Crippen molar-refractivity contribution in [3.8, 4) is 0 Å². The molecule has 1 aromatic carbocycles. The number of hydrogen-bond donors (Lipinski definition) is 2. The van der Waals surface area contributed by atoms with Crippen molar-refractivity contribution in [3.63, 3.8) is 0 Å². The van der Waals surface area contributed by atoms with Gasteiger partial charge in [0.15, 0.2) is 0 Å². The minimum Gasteiger partial charge on any atom is -0.350 e. The summed E-state index contributed by atoms with van der Waals surface area (Å²) in [7, 11) is 0. The molecule has 1 aromatic heterocycles. The van der Waals surface area contributed by atoms with Crippen LogP contribution in [-0.2, 0) is 6.42 Å². The Kier molecular flexibility index (Phi) is 10.8. The second-order valence-electron chi connectivity index (χ2n) is 4.79. The number of benzene rings is 1. The lowest BCUT2D eigenvalue weighted by Gasteiger charge is -2.03. The van der Waals surface area contributed by atoms with Crippen molar-refractivity contribution in [2.24, 2.45) is 0 Å². The molecule has 0 spiro atoms. The molecule has 0 aliphatic heterocycles. The topological polar surface area (TPSA) is 54.0 Å². The van der Waals surface area contributed by atoms with Crippen LogP contribution >= 0.6 is 36.2 Å². The van der Waals surface area contributed by atoms with E-state index in [2.05, 4.69) is 27.8 Å². The highest BCUT2D eigenvalue weighted by Crippen LogP contribution is 2.20. The van der Waals surface area contributed by atoms with Crippen molar-refractivity contribution < 1.29 is 4.79 Å². The fraction of sp³-hybridized carbons (Fsp3) is 0.375. The summed E-state index contributed by atoms with van der Waals surface area (Å²) in [5, 5.41) is 7.08. The first kappa shape index (κ1) is 21.9. The Morgan fingerprint density at radius 3 is 2.52 bits per heavy atom. The van der Waals surface area contributed by atoms with Gasteiger partial charge in [-0.05, 0) is 19.0 Å². The minimum absolute atomic E-state index is 0. The molecule has 0 saturated heterocycles. The van der Waals surface area contributed by atoms with Crippen LogP contribution in [0, 0.1) is 6.92 Å². The summed E-state index contributed by atoms with van der Waals surface area (Å²) in [4.78, 5) is 17.4. The van der Waals surface area contributed by atoms with Gasteiger partial charge in [-0.1, -0.05) is 37.3 Å². The van der Waals surface area contributed by atoms with E-state index in [0.29, 0.717) is 6.54 Å². The molecule has 0 aliphatic rings. The van der Waals surface area contributed by atoms with Crippen molar-refractivity contribution in [1.29, 1.82) is 0 Å². The molecule has 0 atom stereocenters. The summed E-state index contributed by atoms with van der Waals surface area (Å²) in [6.07, 6.45) is 0.775. The lowest BCUT2D eigenvalue weighted by Crippen LogP contribution is -2.31. The largest absolute Gasteiger partial charge is 0.350 e. The van der Waals surface area contributed by atoms with Crippen LogP contribution in [0.5, 0.6) is 0 Å². The predicted octanol–water partition coefficient (Wildman–Crippen LogP) is 3.23. The Hall–Kier alpha value is -1.14. The first-order chi connectivity index (χ1) is 10.2. The Balaban J connectivity index is 0.00000242. The summed E-state index contributed by atoms with van der Waals surface area (Å²) < 4.78 is 0. The van der Waals surface area contributed by atoms with Crippen molar-refractivity contribution >= 4 is 42.1 Å². The van der Waals surface area contributed by atoms with Crippen LogP contribution in [0.3, 0.4) is 0 Å².